The van der Waals surface area contributed by atoms with E-state index in [1.54, 1.807) is 0 Å². The van der Waals surface area contributed by atoms with E-state index in [4.69, 9.17) is 11.6 Å². The van der Waals surface area contributed by atoms with E-state index >= 15 is 0 Å². The maximum absolute atomic E-state index is 11.8. The Morgan fingerprint density at radius 3 is 2.12 bits per heavy atom. The Morgan fingerprint density at radius 1 is 1.75 bits per heavy atom. The highest BCUT2D eigenvalue weighted by Crippen LogP contribution is 2.18. The zero-order valence-electron chi connectivity index (χ0n) is 4.87. The first-order chi connectivity index (χ1) is 3.50. The maximum Gasteiger partial charge on any atom is 0.308 e. The third-order valence-corrected chi connectivity index (χ3v) is 1.53. The molecule has 0 saturated carbocycles. The van der Waals surface area contributed by atoms with Crippen LogP contribution in [0, 0.1) is 5.41 Å². The van der Waals surface area contributed by atoms with E-state index < -0.39 is 11.5 Å². The molecule has 0 radical (unpaired) electrons. The number of hydrogen-bond donors (Lipinski definition) is 0. The standard InChI is InChI=1S/C5H8ClFO/c1-5(2,3-6)4(7)8/h3H2,1-2H3. The Hall–Kier alpha value is -0.110. The van der Waals surface area contributed by atoms with E-state index in [1.807, 2.05) is 0 Å². The minimum atomic E-state index is -1.35. The Bertz CT molecular complexity index is 101. The highest BCUT2D eigenvalue weighted by atomic mass is 35.5. The van der Waals surface area contributed by atoms with Crippen molar-refractivity contribution in [1.82, 2.24) is 0 Å². The monoisotopic (exact) mass is 138 g/mol. The highest BCUT2D eigenvalue weighted by Gasteiger charge is 2.25. The summed E-state index contributed by atoms with van der Waals surface area (Å²) in [5.41, 5.74) is -0.998. The first-order valence-electron chi connectivity index (χ1n) is 2.26. The summed E-state index contributed by atoms with van der Waals surface area (Å²) in [4.78, 5) is 9.95. The fourth-order valence-corrected chi connectivity index (χ4v) is 0.158. The van der Waals surface area contributed by atoms with Crippen LogP contribution in [0.15, 0.2) is 0 Å². The molecule has 0 aliphatic heterocycles. The van der Waals surface area contributed by atoms with Crippen LogP contribution in [0.3, 0.4) is 0 Å². The molecule has 0 saturated heterocycles. The van der Waals surface area contributed by atoms with Gasteiger partial charge in [0.1, 0.15) is 0 Å². The molecule has 3 heteroatoms. The lowest BCUT2D eigenvalue weighted by atomic mass is 9.98. The average molecular weight is 139 g/mol. The number of alkyl halides is 1. The van der Waals surface area contributed by atoms with Crippen molar-refractivity contribution in [2.24, 2.45) is 5.41 Å². The van der Waals surface area contributed by atoms with Gasteiger partial charge < -0.3 is 0 Å². The van der Waals surface area contributed by atoms with Gasteiger partial charge in [0.05, 0.1) is 5.41 Å². The fraction of sp³-hybridized carbons (Fsp3) is 0.800. The summed E-state index contributed by atoms with van der Waals surface area (Å²) < 4.78 is 11.8. The van der Waals surface area contributed by atoms with Gasteiger partial charge in [0.15, 0.2) is 0 Å². The molecule has 0 aliphatic rings. The average Bonchev–Trinajstić information content (AvgIpc) is 1.67. The summed E-state index contributed by atoms with van der Waals surface area (Å²) >= 11 is 5.23. The molecular formula is C5H8ClFO. The third-order valence-electron chi connectivity index (χ3n) is 0.866. The van der Waals surface area contributed by atoms with Crippen LogP contribution in [0.1, 0.15) is 13.8 Å². The predicted octanol–water partition coefficient (Wildman–Crippen LogP) is 1.75. The number of hydrogen-bond acceptors (Lipinski definition) is 1. The molecule has 0 bridgehead atoms. The van der Waals surface area contributed by atoms with E-state index in [1.165, 1.54) is 13.8 Å². The van der Waals surface area contributed by atoms with Crippen LogP contribution in [0.2, 0.25) is 0 Å². The molecule has 0 heterocycles. The molecule has 0 unspecified atom stereocenters. The van der Waals surface area contributed by atoms with Gasteiger partial charge in [-0.05, 0) is 13.8 Å². The summed E-state index contributed by atoms with van der Waals surface area (Å²) in [6.07, 6.45) is 0. The smallest absolute Gasteiger partial charge is 0.261 e. The van der Waals surface area contributed by atoms with Gasteiger partial charge in [-0.3, -0.25) is 4.79 Å². The minimum Gasteiger partial charge on any atom is -0.261 e. The van der Waals surface area contributed by atoms with Crippen molar-refractivity contribution in [2.45, 2.75) is 13.8 Å². The second kappa shape index (κ2) is 2.44. The van der Waals surface area contributed by atoms with E-state index in [9.17, 15) is 9.18 Å². The molecule has 0 spiro atoms. The number of rotatable bonds is 2. The summed E-state index contributed by atoms with van der Waals surface area (Å²) in [5, 5.41) is 0. The van der Waals surface area contributed by atoms with Gasteiger partial charge in [-0.1, -0.05) is 0 Å². The molecule has 8 heavy (non-hydrogen) atoms. The summed E-state index contributed by atoms with van der Waals surface area (Å²) in [6, 6.07) is -1.35. The second-order valence-electron chi connectivity index (χ2n) is 2.29. The van der Waals surface area contributed by atoms with Gasteiger partial charge in [-0.2, -0.15) is 4.39 Å². The zero-order valence-corrected chi connectivity index (χ0v) is 5.63. The van der Waals surface area contributed by atoms with Gasteiger partial charge in [0, 0.05) is 5.88 Å². The van der Waals surface area contributed by atoms with Crippen LogP contribution < -0.4 is 0 Å². The molecule has 0 aromatic carbocycles. The predicted molar refractivity (Wildman–Crippen MR) is 30.6 cm³/mol. The molecule has 0 aromatic heterocycles. The fourth-order valence-electron chi connectivity index (χ4n) is 0.0525. The molecule has 0 amide bonds. The van der Waals surface area contributed by atoms with Crippen LogP contribution in [0.25, 0.3) is 0 Å². The Kier molecular flexibility index (Phi) is 2.41. The van der Waals surface area contributed by atoms with Crippen molar-refractivity contribution < 1.29 is 9.18 Å². The van der Waals surface area contributed by atoms with Crippen molar-refractivity contribution in [3.8, 4) is 0 Å². The van der Waals surface area contributed by atoms with Gasteiger partial charge in [-0.25, -0.2) is 0 Å². The molecule has 1 nitrogen and oxygen atoms in total. The molecule has 0 atom stereocenters. The van der Waals surface area contributed by atoms with Gasteiger partial charge in [0.25, 0.3) is 0 Å². The molecular weight excluding hydrogens is 131 g/mol. The largest absolute Gasteiger partial charge is 0.308 e. The van der Waals surface area contributed by atoms with E-state index in [0.717, 1.165) is 0 Å². The molecule has 48 valence electrons. The lowest BCUT2D eigenvalue weighted by Gasteiger charge is -2.11. The quantitative estimate of drug-likeness (QED) is 0.420. The van der Waals surface area contributed by atoms with Crippen molar-refractivity contribution in [1.29, 1.82) is 0 Å². The molecule has 0 fully saturated rings. The third kappa shape index (κ3) is 1.78. The van der Waals surface area contributed by atoms with Crippen LogP contribution in [0.4, 0.5) is 4.39 Å². The van der Waals surface area contributed by atoms with E-state index in [-0.39, 0.29) is 5.88 Å². The number of carbonyl (C=O) groups is 1. The number of carbonyl (C=O) groups excluding carboxylic acids is 1. The maximum atomic E-state index is 11.8. The van der Waals surface area contributed by atoms with Crippen molar-refractivity contribution >= 4 is 17.6 Å². The first kappa shape index (κ1) is 7.89. The Morgan fingerprint density at radius 2 is 2.12 bits per heavy atom. The Balaban J connectivity index is 3.91. The van der Waals surface area contributed by atoms with Gasteiger partial charge >= 0.3 is 6.04 Å². The van der Waals surface area contributed by atoms with Gasteiger partial charge in [0.2, 0.25) is 0 Å². The normalized spacial score (nSPS) is 11.5. The molecule has 0 aliphatic carbocycles. The second-order valence-corrected chi connectivity index (χ2v) is 2.56. The molecule has 0 N–H and O–H groups in total. The Labute approximate surface area is 52.8 Å². The van der Waals surface area contributed by atoms with Crippen LogP contribution >= 0.6 is 11.6 Å². The highest BCUT2D eigenvalue weighted by molar-refractivity contribution is 6.19. The number of halogens is 2. The van der Waals surface area contributed by atoms with Crippen LogP contribution in [-0.4, -0.2) is 11.9 Å². The minimum absolute atomic E-state index is 0.0301. The van der Waals surface area contributed by atoms with Crippen molar-refractivity contribution in [2.75, 3.05) is 5.88 Å². The first-order valence-corrected chi connectivity index (χ1v) is 2.80. The van der Waals surface area contributed by atoms with Gasteiger partial charge in [-0.15, -0.1) is 11.6 Å². The van der Waals surface area contributed by atoms with E-state index in [0.29, 0.717) is 0 Å². The van der Waals surface area contributed by atoms with E-state index in [2.05, 4.69) is 0 Å². The van der Waals surface area contributed by atoms with Crippen LogP contribution in [-0.2, 0) is 4.79 Å². The van der Waals surface area contributed by atoms with Crippen LogP contribution in [0.5, 0.6) is 0 Å². The summed E-state index contributed by atoms with van der Waals surface area (Å²) in [6.45, 7) is 2.92. The summed E-state index contributed by atoms with van der Waals surface area (Å²) in [5.74, 6) is 0.0301. The topological polar surface area (TPSA) is 17.1 Å². The SMILES string of the molecule is CC(C)(CCl)C(=O)F. The lowest BCUT2D eigenvalue weighted by Crippen LogP contribution is -2.21. The van der Waals surface area contributed by atoms with Crippen molar-refractivity contribution in [3.05, 3.63) is 0 Å². The molecule has 0 aromatic rings. The summed E-state index contributed by atoms with van der Waals surface area (Å²) in [7, 11) is 0. The lowest BCUT2D eigenvalue weighted by molar-refractivity contribution is -0.137. The molecule has 0 rings (SSSR count). The zero-order chi connectivity index (χ0) is 6.78. The van der Waals surface area contributed by atoms with Crippen molar-refractivity contribution in [3.63, 3.8) is 0 Å².